The summed E-state index contributed by atoms with van der Waals surface area (Å²) in [5, 5.41) is 9.69. The van der Waals surface area contributed by atoms with E-state index >= 15 is 0 Å². The Morgan fingerprint density at radius 1 is 1.09 bits per heavy atom. The van der Waals surface area contributed by atoms with Crippen LogP contribution in [-0.4, -0.2) is 34.4 Å². The van der Waals surface area contributed by atoms with E-state index in [1.807, 2.05) is 13.8 Å². The Balaban J connectivity index is 1.88. The molecule has 33 heavy (non-hydrogen) atoms. The third-order valence-corrected chi connectivity index (χ3v) is 8.13. The van der Waals surface area contributed by atoms with Gasteiger partial charge in [-0.2, -0.15) is 13.2 Å². The van der Waals surface area contributed by atoms with Crippen LogP contribution in [0.5, 0.6) is 0 Å². The van der Waals surface area contributed by atoms with E-state index in [-0.39, 0.29) is 16.6 Å². The first-order valence-corrected chi connectivity index (χ1v) is 12.1. The van der Waals surface area contributed by atoms with Crippen molar-refractivity contribution in [2.24, 2.45) is 11.3 Å². The molecule has 0 saturated carbocycles. The van der Waals surface area contributed by atoms with Crippen LogP contribution in [0.3, 0.4) is 0 Å². The van der Waals surface area contributed by atoms with Gasteiger partial charge in [0.25, 0.3) is 0 Å². The number of nitrogens with zero attached hydrogens (tertiary/aromatic N) is 1. The summed E-state index contributed by atoms with van der Waals surface area (Å²) >= 11 is 1.79. The third kappa shape index (κ3) is 6.05. The van der Waals surface area contributed by atoms with Crippen LogP contribution in [0.1, 0.15) is 50.3 Å². The molecule has 3 rings (SSSR count). The zero-order chi connectivity index (χ0) is 24.6. The molecule has 1 fully saturated rings. The van der Waals surface area contributed by atoms with Crippen molar-refractivity contribution in [2.45, 2.75) is 63.8 Å². The first-order chi connectivity index (χ1) is 15.3. The topological polar surface area (TPSA) is 40.5 Å². The van der Waals surface area contributed by atoms with E-state index < -0.39 is 17.8 Å². The van der Waals surface area contributed by atoms with Crippen molar-refractivity contribution in [1.82, 2.24) is 4.90 Å². The van der Waals surface area contributed by atoms with E-state index in [0.717, 1.165) is 52.1 Å². The number of benzene rings is 2. The van der Waals surface area contributed by atoms with Crippen molar-refractivity contribution in [3.63, 3.8) is 0 Å². The maximum atomic E-state index is 12.9. The summed E-state index contributed by atoms with van der Waals surface area (Å²) in [5.74, 6) is 0.259. The van der Waals surface area contributed by atoms with Crippen LogP contribution in [-0.2, 0) is 6.18 Å². The second-order valence-corrected chi connectivity index (χ2v) is 11.3. The fraction of sp³-hybridized carbons (Fsp3) is 0.500. The molecule has 3 nitrogen and oxygen atoms in total. The van der Waals surface area contributed by atoms with Gasteiger partial charge in [-0.05, 0) is 84.5 Å². The predicted molar refractivity (Wildman–Crippen MR) is 128 cm³/mol. The van der Waals surface area contributed by atoms with E-state index in [1.165, 1.54) is 17.0 Å². The molecule has 2 unspecified atom stereocenters. The minimum atomic E-state index is -4.35. The average Bonchev–Trinajstić information content (AvgIpc) is 2.70. The van der Waals surface area contributed by atoms with Gasteiger partial charge in [0, 0.05) is 23.2 Å². The minimum Gasteiger partial charge on any atom is -0.465 e. The maximum absolute atomic E-state index is 12.9. The fourth-order valence-electron chi connectivity index (χ4n) is 4.83. The van der Waals surface area contributed by atoms with Gasteiger partial charge in [0.05, 0.1) is 5.56 Å². The van der Waals surface area contributed by atoms with E-state index in [1.54, 1.807) is 11.8 Å². The summed E-state index contributed by atoms with van der Waals surface area (Å²) in [4.78, 5) is 14.2. The number of alkyl halides is 3. The lowest BCUT2D eigenvalue weighted by molar-refractivity contribution is -0.137. The Hall–Kier alpha value is -2.15. The number of halogens is 3. The van der Waals surface area contributed by atoms with Gasteiger partial charge in [-0.3, -0.25) is 0 Å². The number of rotatable bonds is 4. The lowest BCUT2D eigenvalue weighted by Crippen LogP contribution is -2.45. The average molecular weight is 480 g/mol. The lowest BCUT2D eigenvalue weighted by atomic mass is 9.80. The van der Waals surface area contributed by atoms with Gasteiger partial charge in [-0.25, -0.2) is 4.79 Å². The van der Waals surface area contributed by atoms with Gasteiger partial charge in [0.1, 0.15) is 0 Å². The van der Waals surface area contributed by atoms with Crippen LogP contribution in [0.4, 0.5) is 18.0 Å². The summed E-state index contributed by atoms with van der Waals surface area (Å²) in [5.41, 5.74) is 3.08. The molecule has 1 aliphatic rings. The molecule has 0 spiro atoms. The fourth-order valence-corrected chi connectivity index (χ4v) is 6.38. The molecule has 2 aromatic carbocycles. The minimum absolute atomic E-state index is 0.0231. The van der Waals surface area contributed by atoms with Crippen LogP contribution >= 0.6 is 11.8 Å². The molecule has 0 radical (unpaired) electrons. The predicted octanol–water partition coefficient (Wildman–Crippen LogP) is 7.89. The summed E-state index contributed by atoms with van der Waals surface area (Å²) in [6, 6.07) is 9.52. The van der Waals surface area contributed by atoms with Gasteiger partial charge in [-0.15, -0.1) is 11.8 Å². The molecule has 0 bridgehead atoms. The standard InChI is InChI=1S/C26H32F3NO2S/c1-16-13-21(14-17(2)22(16)18-8-10-20(11-9-18)26(27,28)29)33-23(25(3,4)5)19-7-6-12-30(15-19)24(31)32/h8-11,13-14,19,23H,6-7,12,15H2,1-5H3,(H,31,32). The highest BCUT2D eigenvalue weighted by Crippen LogP contribution is 2.44. The zero-order valence-corrected chi connectivity index (χ0v) is 20.6. The van der Waals surface area contributed by atoms with Crippen LogP contribution < -0.4 is 0 Å². The Morgan fingerprint density at radius 3 is 2.15 bits per heavy atom. The molecule has 1 saturated heterocycles. The van der Waals surface area contributed by atoms with Gasteiger partial charge >= 0.3 is 12.3 Å². The molecule has 7 heteroatoms. The van der Waals surface area contributed by atoms with Crippen molar-refractivity contribution in [3.05, 3.63) is 53.1 Å². The third-order valence-electron chi connectivity index (χ3n) is 6.28. The molecule has 1 heterocycles. The number of likely N-dealkylation sites (tertiary alicyclic amines) is 1. The number of aryl methyl sites for hydroxylation is 2. The van der Waals surface area contributed by atoms with Gasteiger partial charge in [-0.1, -0.05) is 32.9 Å². The summed E-state index contributed by atoms with van der Waals surface area (Å²) in [7, 11) is 0. The highest BCUT2D eigenvalue weighted by Gasteiger charge is 2.37. The molecule has 180 valence electrons. The van der Waals surface area contributed by atoms with Crippen molar-refractivity contribution in [3.8, 4) is 11.1 Å². The molecule has 1 amide bonds. The van der Waals surface area contributed by atoms with Crippen LogP contribution in [0.25, 0.3) is 11.1 Å². The maximum Gasteiger partial charge on any atom is 0.416 e. The monoisotopic (exact) mass is 479 g/mol. The number of carboxylic acid groups (broad SMARTS) is 1. The Morgan fingerprint density at radius 2 is 1.67 bits per heavy atom. The molecular weight excluding hydrogens is 447 g/mol. The van der Waals surface area contributed by atoms with Crippen LogP contribution in [0.2, 0.25) is 0 Å². The number of carbonyl (C=O) groups is 1. The van der Waals surface area contributed by atoms with Crippen molar-refractivity contribution in [1.29, 1.82) is 0 Å². The number of hydrogen-bond donors (Lipinski definition) is 1. The lowest BCUT2D eigenvalue weighted by Gasteiger charge is -2.41. The molecule has 2 atom stereocenters. The molecule has 1 aliphatic heterocycles. The van der Waals surface area contributed by atoms with Gasteiger partial charge < -0.3 is 10.0 Å². The molecular formula is C26H32F3NO2S. The largest absolute Gasteiger partial charge is 0.465 e. The normalized spacial score (nSPS) is 18.3. The number of amides is 1. The second kappa shape index (κ2) is 9.61. The van der Waals surface area contributed by atoms with E-state index in [2.05, 4.69) is 32.9 Å². The van der Waals surface area contributed by atoms with Crippen molar-refractivity contribution in [2.75, 3.05) is 13.1 Å². The molecule has 0 aromatic heterocycles. The smallest absolute Gasteiger partial charge is 0.416 e. The Bertz CT molecular complexity index is 973. The van der Waals surface area contributed by atoms with E-state index in [4.69, 9.17) is 0 Å². The van der Waals surface area contributed by atoms with Gasteiger partial charge in [0.2, 0.25) is 0 Å². The van der Waals surface area contributed by atoms with E-state index in [0.29, 0.717) is 13.1 Å². The van der Waals surface area contributed by atoms with E-state index in [9.17, 15) is 23.1 Å². The number of thioether (sulfide) groups is 1. The summed E-state index contributed by atoms with van der Waals surface area (Å²) in [6.45, 7) is 11.7. The molecule has 2 aromatic rings. The quantitative estimate of drug-likeness (QED) is 0.453. The van der Waals surface area contributed by atoms with Crippen molar-refractivity contribution >= 4 is 17.9 Å². The molecule has 1 N–H and O–H groups in total. The first kappa shape index (κ1) is 25.5. The highest BCUT2D eigenvalue weighted by molar-refractivity contribution is 8.00. The summed E-state index contributed by atoms with van der Waals surface area (Å²) < 4.78 is 38.8. The number of piperidine rings is 1. The molecule has 0 aliphatic carbocycles. The highest BCUT2D eigenvalue weighted by atomic mass is 32.2. The SMILES string of the molecule is Cc1cc(SC(C2CCCN(C(=O)O)C2)C(C)(C)C)cc(C)c1-c1ccc(C(F)(F)F)cc1. The number of hydrogen-bond acceptors (Lipinski definition) is 2. The van der Waals surface area contributed by atoms with Gasteiger partial charge in [0.15, 0.2) is 0 Å². The van der Waals surface area contributed by atoms with Crippen molar-refractivity contribution < 1.29 is 23.1 Å². The van der Waals surface area contributed by atoms with Crippen LogP contribution in [0.15, 0.2) is 41.3 Å². The zero-order valence-electron chi connectivity index (χ0n) is 19.8. The first-order valence-electron chi connectivity index (χ1n) is 11.2. The van der Waals surface area contributed by atoms with Crippen LogP contribution in [0, 0.1) is 25.2 Å². The second-order valence-electron chi connectivity index (χ2n) is 10.0. The Kier molecular flexibility index (Phi) is 7.42. The Labute approximate surface area is 198 Å². The summed E-state index contributed by atoms with van der Waals surface area (Å²) in [6.07, 6.45) is -3.33.